The molecule has 1 heterocycles. The van der Waals surface area contributed by atoms with Gasteiger partial charge in [-0.2, -0.15) is 4.98 Å². The zero-order valence-electron chi connectivity index (χ0n) is 10.2. The van der Waals surface area contributed by atoms with E-state index < -0.39 is 0 Å². The van der Waals surface area contributed by atoms with Gasteiger partial charge in [0.15, 0.2) is 0 Å². The minimum absolute atomic E-state index is 0.245. The Morgan fingerprint density at radius 3 is 3.06 bits per heavy atom. The Labute approximate surface area is 105 Å². The third-order valence-corrected chi connectivity index (χ3v) is 3.27. The first kappa shape index (κ1) is 11.0. The van der Waals surface area contributed by atoms with E-state index in [4.69, 9.17) is 5.73 Å². The highest BCUT2D eigenvalue weighted by Gasteiger charge is 2.22. The number of nitrogens with one attached hydrogen (secondary N) is 1. The van der Waals surface area contributed by atoms with Gasteiger partial charge in [-0.3, -0.25) is 0 Å². The predicted molar refractivity (Wildman–Crippen MR) is 70.1 cm³/mol. The highest BCUT2D eigenvalue weighted by molar-refractivity contribution is 5.43. The van der Waals surface area contributed by atoms with Crippen LogP contribution in [-0.2, 0) is 6.42 Å². The number of nitrogens with zero attached hydrogens (tertiary/aromatic N) is 3. The molecule has 0 saturated carbocycles. The van der Waals surface area contributed by atoms with E-state index in [0.717, 1.165) is 12.8 Å². The molecular formula is C13H15N5. The molecule has 1 aliphatic rings. The summed E-state index contributed by atoms with van der Waals surface area (Å²) >= 11 is 0. The lowest BCUT2D eigenvalue weighted by atomic mass is 10.1. The molecule has 3 N–H and O–H groups in total. The minimum Gasteiger partial charge on any atom is -0.368 e. The summed E-state index contributed by atoms with van der Waals surface area (Å²) in [7, 11) is 0. The van der Waals surface area contributed by atoms with Gasteiger partial charge in [-0.05, 0) is 30.9 Å². The third kappa shape index (κ3) is 1.99. The molecular weight excluding hydrogens is 226 g/mol. The van der Waals surface area contributed by atoms with Crippen molar-refractivity contribution in [1.29, 1.82) is 0 Å². The van der Waals surface area contributed by atoms with E-state index >= 15 is 0 Å². The number of nitrogen functional groups attached to an aromatic ring is 1. The number of rotatable bonds is 2. The lowest BCUT2D eigenvalue weighted by Crippen LogP contribution is -2.11. The van der Waals surface area contributed by atoms with E-state index in [0.29, 0.717) is 5.95 Å². The van der Waals surface area contributed by atoms with Gasteiger partial charge in [0.25, 0.3) is 0 Å². The highest BCUT2D eigenvalue weighted by Crippen LogP contribution is 2.33. The topological polar surface area (TPSA) is 76.7 Å². The molecule has 1 aromatic carbocycles. The lowest BCUT2D eigenvalue weighted by molar-refractivity contribution is 0.749. The Morgan fingerprint density at radius 1 is 1.33 bits per heavy atom. The third-order valence-electron chi connectivity index (χ3n) is 3.27. The molecule has 0 aliphatic heterocycles. The van der Waals surface area contributed by atoms with Crippen molar-refractivity contribution in [3.8, 4) is 0 Å². The molecule has 0 spiro atoms. The fraction of sp³-hybridized carbons (Fsp3) is 0.308. The van der Waals surface area contributed by atoms with Crippen molar-refractivity contribution in [3.05, 3.63) is 41.2 Å². The molecule has 1 aromatic heterocycles. The molecule has 0 unspecified atom stereocenters. The standard InChI is InChI=1S/C13H15N5/c1-8-2-3-9-4-5-11(10(9)6-8)17-13-16-7-15-12(14)18-13/h2-3,6-7,11H,4-5H2,1H3,(H3,14,15,16,17,18)/t11-/m0/s1. The lowest BCUT2D eigenvalue weighted by Gasteiger charge is -2.14. The van der Waals surface area contributed by atoms with E-state index in [1.54, 1.807) is 0 Å². The molecule has 1 atom stereocenters. The average Bonchev–Trinajstić information content (AvgIpc) is 2.72. The normalized spacial score (nSPS) is 17.5. The maximum atomic E-state index is 5.55. The summed E-state index contributed by atoms with van der Waals surface area (Å²) < 4.78 is 0. The van der Waals surface area contributed by atoms with Crippen LogP contribution in [0.25, 0.3) is 0 Å². The first-order chi connectivity index (χ1) is 8.72. The minimum atomic E-state index is 0.245. The smallest absolute Gasteiger partial charge is 0.227 e. The Hall–Kier alpha value is -2.17. The SMILES string of the molecule is Cc1ccc2c(c1)[C@@H](Nc1ncnc(N)n1)CC2. The number of benzene rings is 1. The van der Waals surface area contributed by atoms with Crippen LogP contribution in [0, 0.1) is 6.92 Å². The molecule has 5 heteroatoms. The summed E-state index contributed by atoms with van der Waals surface area (Å²) in [5, 5.41) is 3.32. The van der Waals surface area contributed by atoms with Crippen LogP contribution < -0.4 is 11.1 Å². The molecule has 0 amide bonds. The summed E-state index contributed by atoms with van der Waals surface area (Å²) in [6.45, 7) is 2.11. The molecule has 0 fully saturated rings. The fourth-order valence-corrected chi connectivity index (χ4v) is 2.41. The van der Waals surface area contributed by atoms with E-state index in [1.165, 1.54) is 23.0 Å². The summed E-state index contributed by atoms with van der Waals surface area (Å²) in [6, 6.07) is 6.85. The number of anilines is 2. The van der Waals surface area contributed by atoms with E-state index in [1.807, 2.05) is 0 Å². The summed E-state index contributed by atoms with van der Waals surface area (Å²) in [6.07, 6.45) is 3.58. The summed E-state index contributed by atoms with van der Waals surface area (Å²) in [5.74, 6) is 0.789. The summed E-state index contributed by atoms with van der Waals surface area (Å²) in [5.41, 5.74) is 9.57. The van der Waals surface area contributed by atoms with Crippen molar-refractivity contribution in [1.82, 2.24) is 15.0 Å². The van der Waals surface area contributed by atoms with Gasteiger partial charge >= 0.3 is 0 Å². The number of aryl methyl sites for hydroxylation is 2. The van der Waals surface area contributed by atoms with Gasteiger partial charge in [-0.25, -0.2) is 9.97 Å². The summed E-state index contributed by atoms with van der Waals surface area (Å²) in [4.78, 5) is 11.9. The zero-order chi connectivity index (χ0) is 12.5. The maximum Gasteiger partial charge on any atom is 0.227 e. The predicted octanol–water partition coefficient (Wildman–Crippen LogP) is 1.86. The Morgan fingerprint density at radius 2 is 2.22 bits per heavy atom. The van der Waals surface area contributed by atoms with Crippen molar-refractivity contribution in [2.75, 3.05) is 11.1 Å². The van der Waals surface area contributed by atoms with Gasteiger partial charge in [-0.1, -0.05) is 23.8 Å². The largest absolute Gasteiger partial charge is 0.368 e. The Bertz CT molecular complexity index is 581. The fourth-order valence-electron chi connectivity index (χ4n) is 2.41. The molecule has 0 radical (unpaired) electrons. The van der Waals surface area contributed by atoms with Gasteiger partial charge in [-0.15, -0.1) is 0 Å². The highest BCUT2D eigenvalue weighted by atomic mass is 15.2. The van der Waals surface area contributed by atoms with Crippen LogP contribution in [-0.4, -0.2) is 15.0 Å². The molecule has 18 heavy (non-hydrogen) atoms. The molecule has 5 nitrogen and oxygen atoms in total. The molecule has 92 valence electrons. The van der Waals surface area contributed by atoms with E-state index in [-0.39, 0.29) is 12.0 Å². The number of hydrogen-bond acceptors (Lipinski definition) is 5. The second-order valence-electron chi connectivity index (χ2n) is 4.61. The van der Waals surface area contributed by atoms with Crippen molar-refractivity contribution in [3.63, 3.8) is 0 Å². The molecule has 3 rings (SSSR count). The van der Waals surface area contributed by atoms with E-state index in [9.17, 15) is 0 Å². The van der Waals surface area contributed by atoms with Gasteiger partial charge in [0.1, 0.15) is 6.33 Å². The monoisotopic (exact) mass is 241 g/mol. The second-order valence-corrected chi connectivity index (χ2v) is 4.61. The van der Waals surface area contributed by atoms with Gasteiger partial charge in [0.05, 0.1) is 6.04 Å². The van der Waals surface area contributed by atoms with Crippen LogP contribution in [0.2, 0.25) is 0 Å². The van der Waals surface area contributed by atoms with Crippen molar-refractivity contribution in [2.24, 2.45) is 0 Å². The number of fused-ring (bicyclic) bond motifs is 1. The number of nitrogens with two attached hydrogens (primary N) is 1. The zero-order valence-corrected chi connectivity index (χ0v) is 10.2. The first-order valence-electron chi connectivity index (χ1n) is 6.03. The van der Waals surface area contributed by atoms with Crippen LogP contribution in [0.4, 0.5) is 11.9 Å². The van der Waals surface area contributed by atoms with Gasteiger partial charge in [0, 0.05) is 0 Å². The second kappa shape index (κ2) is 4.25. The number of aromatic nitrogens is 3. The first-order valence-corrected chi connectivity index (χ1v) is 6.03. The van der Waals surface area contributed by atoms with Crippen LogP contribution >= 0.6 is 0 Å². The van der Waals surface area contributed by atoms with Gasteiger partial charge < -0.3 is 11.1 Å². The van der Waals surface area contributed by atoms with Crippen molar-refractivity contribution in [2.45, 2.75) is 25.8 Å². The van der Waals surface area contributed by atoms with Gasteiger partial charge in [0.2, 0.25) is 11.9 Å². The average molecular weight is 241 g/mol. The van der Waals surface area contributed by atoms with E-state index in [2.05, 4.69) is 45.4 Å². The van der Waals surface area contributed by atoms with Crippen molar-refractivity contribution >= 4 is 11.9 Å². The molecule has 1 aliphatic carbocycles. The molecule has 2 aromatic rings. The van der Waals surface area contributed by atoms with Crippen molar-refractivity contribution < 1.29 is 0 Å². The molecule has 0 saturated heterocycles. The van der Waals surface area contributed by atoms with Crippen LogP contribution in [0.5, 0.6) is 0 Å². The Balaban J connectivity index is 1.86. The number of hydrogen-bond donors (Lipinski definition) is 2. The van der Waals surface area contributed by atoms with Crippen LogP contribution in [0.15, 0.2) is 24.5 Å². The Kier molecular flexibility index (Phi) is 2.59. The van der Waals surface area contributed by atoms with Crippen LogP contribution in [0.3, 0.4) is 0 Å². The quantitative estimate of drug-likeness (QED) is 0.839. The molecule has 0 bridgehead atoms. The maximum absolute atomic E-state index is 5.55. The van der Waals surface area contributed by atoms with Crippen LogP contribution in [0.1, 0.15) is 29.2 Å².